The highest BCUT2D eigenvalue weighted by atomic mass is 19.1. The van der Waals surface area contributed by atoms with Gasteiger partial charge in [-0.3, -0.25) is 14.4 Å². The summed E-state index contributed by atoms with van der Waals surface area (Å²) < 4.78 is 22.0. The zero-order chi connectivity index (χ0) is 20.0. The summed E-state index contributed by atoms with van der Waals surface area (Å²) in [5.41, 5.74) is 3.79. The Hall–Kier alpha value is -3.10. The molecule has 2 amide bonds. The monoisotopic (exact) mass is 387 g/mol. The second-order valence-corrected chi connectivity index (χ2v) is 7.27. The lowest BCUT2D eigenvalue weighted by molar-refractivity contribution is -0.119. The number of anilines is 2. The number of nitrogens with one attached hydrogen (secondary N) is 1. The third-order valence-electron chi connectivity index (χ3n) is 5.04. The Balaban J connectivity index is 1.52. The number of carbonyl (C=O) groups is 2. The smallest absolute Gasteiger partial charge is 0.414 e. The zero-order valence-electron chi connectivity index (χ0n) is 16.0. The first-order valence-electron chi connectivity index (χ1n) is 9.11. The van der Waals surface area contributed by atoms with E-state index in [1.807, 2.05) is 25.1 Å². The molecule has 1 fully saturated rings. The molecule has 1 unspecified atom stereocenters. The lowest BCUT2D eigenvalue weighted by Gasteiger charge is -2.22. The van der Waals surface area contributed by atoms with E-state index in [0.717, 1.165) is 16.8 Å². The predicted octanol–water partition coefficient (Wildman–Crippen LogP) is 1.85. The Morgan fingerprint density at radius 2 is 2.14 bits per heavy atom. The summed E-state index contributed by atoms with van der Waals surface area (Å²) in [5.74, 6) is -0.587. The molecule has 2 aliphatic heterocycles. The highest BCUT2D eigenvalue weighted by Gasteiger charge is 2.34. The van der Waals surface area contributed by atoms with Crippen molar-refractivity contribution in [3.8, 4) is 0 Å². The molecule has 1 N–H and O–H groups in total. The third kappa shape index (κ3) is 3.28. The van der Waals surface area contributed by atoms with Crippen LogP contribution in [0.25, 0.3) is 0 Å². The van der Waals surface area contributed by atoms with Crippen molar-refractivity contribution >= 4 is 23.4 Å². The minimum atomic E-state index is -0.538. The molecule has 28 heavy (non-hydrogen) atoms. The maximum absolute atomic E-state index is 14.9. The molecule has 1 saturated heterocycles. The van der Waals surface area contributed by atoms with E-state index < -0.39 is 18.0 Å². The van der Waals surface area contributed by atoms with Crippen LogP contribution < -0.4 is 15.1 Å². The van der Waals surface area contributed by atoms with Crippen molar-refractivity contribution in [1.29, 1.82) is 0 Å². The van der Waals surface area contributed by atoms with E-state index in [2.05, 4.69) is 10.4 Å². The molecule has 0 radical (unpaired) electrons. The second-order valence-electron chi connectivity index (χ2n) is 7.27. The molecule has 0 bridgehead atoms. The van der Waals surface area contributed by atoms with Crippen molar-refractivity contribution in [3.63, 3.8) is 0 Å². The molecule has 148 valence electrons. The van der Waals surface area contributed by atoms with Gasteiger partial charge in [0.25, 0.3) is 0 Å². The Bertz CT molecular complexity index is 934. The molecule has 0 saturated carbocycles. The number of hydrogen-bond donors (Lipinski definition) is 1. The average Bonchev–Trinajstić information content (AvgIpc) is 3.27. The summed E-state index contributed by atoms with van der Waals surface area (Å²) in [6.45, 7) is 4.89. The lowest BCUT2D eigenvalue weighted by Crippen LogP contribution is -2.33. The SMILES string of the molecule is CC(=O)NCC1CN(c2cc(F)c(N3Cc4cn(C)nc4C3)cc2C)C(=O)O1. The van der Waals surface area contributed by atoms with Crippen molar-refractivity contribution in [2.24, 2.45) is 7.05 Å². The standard InChI is InChI=1S/C19H22FN5O3/c1-11-4-18(24-8-13-7-23(3)22-16(13)10-24)15(20)5-17(11)25-9-14(28-19(25)27)6-21-12(2)26/h4-5,7,14H,6,8-10H2,1-3H3,(H,21,26). The molecule has 1 atom stereocenters. The van der Waals surface area contributed by atoms with E-state index in [4.69, 9.17) is 4.74 Å². The Morgan fingerprint density at radius 1 is 1.36 bits per heavy atom. The van der Waals surface area contributed by atoms with E-state index in [0.29, 0.717) is 24.5 Å². The van der Waals surface area contributed by atoms with Crippen LogP contribution in [-0.2, 0) is 29.7 Å². The van der Waals surface area contributed by atoms with Crippen LogP contribution in [0.1, 0.15) is 23.7 Å². The number of halogens is 1. The number of ether oxygens (including phenoxy) is 1. The summed E-state index contributed by atoms with van der Waals surface area (Å²) >= 11 is 0. The van der Waals surface area contributed by atoms with Gasteiger partial charge in [0, 0.05) is 38.3 Å². The molecule has 0 spiro atoms. The van der Waals surface area contributed by atoms with Gasteiger partial charge < -0.3 is 15.0 Å². The fourth-order valence-corrected chi connectivity index (χ4v) is 3.73. The molecule has 4 rings (SSSR count). The number of fused-ring (bicyclic) bond motifs is 1. The molecule has 8 nitrogen and oxygen atoms in total. The topological polar surface area (TPSA) is 79.7 Å². The molecular formula is C19H22FN5O3. The quantitative estimate of drug-likeness (QED) is 0.866. The van der Waals surface area contributed by atoms with Crippen LogP contribution in [0.2, 0.25) is 0 Å². The summed E-state index contributed by atoms with van der Waals surface area (Å²) in [6.07, 6.45) is 0.950. The van der Waals surface area contributed by atoms with Gasteiger partial charge >= 0.3 is 6.09 Å². The predicted molar refractivity (Wildman–Crippen MR) is 101 cm³/mol. The van der Waals surface area contributed by atoms with Gasteiger partial charge in [-0.25, -0.2) is 9.18 Å². The van der Waals surface area contributed by atoms with Crippen molar-refractivity contribution in [3.05, 3.63) is 41.0 Å². The van der Waals surface area contributed by atoms with Crippen LogP contribution in [-0.4, -0.2) is 41.0 Å². The summed E-state index contributed by atoms with van der Waals surface area (Å²) in [7, 11) is 1.87. The Labute approximate surface area is 161 Å². The van der Waals surface area contributed by atoms with Crippen LogP contribution in [0.15, 0.2) is 18.3 Å². The summed E-state index contributed by atoms with van der Waals surface area (Å²) in [6, 6.07) is 3.13. The maximum Gasteiger partial charge on any atom is 0.414 e. The van der Waals surface area contributed by atoms with Crippen molar-refractivity contribution in [1.82, 2.24) is 15.1 Å². The first-order chi connectivity index (χ1) is 13.3. The van der Waals surface area contributed by atoms with Crippen LogP contribution >= 0.6 is 0 Å². The number of hydrogen-bond acceptors (Lipinski definition) is 5. The van der Waals surface area contributed by atoms with Gasteiger partial charge in [-0.15, -0.1) is 0 Å². The summed E-state index contributed by atoms with van der Waals surface area (Å²) in [4.78, 5) is 26.6. The fourth-order valence-electron chi connectivity index (χ4n) is 3.73. The molecule has 2 aliphatic rings. The zero-order valence-corrected chi connectivity index (χ0v) is 16.0. The first kappa shape index (κ1) is 18.3. The van der Waals surface area contributed by atoms with E-state index in [1.165, 1.54) is 17.9 Å². The largest absolute Gasteiger partial charge is 0.442 e. The molecule has 0 aliphatic carbocycles. The number of rotatable bonds is 4. The van der Waals surface area contributed by atoms with Gasteiger partial charge in [0.2, 0.25) is 5.91 Å². The molecule has 1 aromatic carbocycles. The van der Waals surface area contributed by atoms with Crippen LogP contribution in [0.5, 0.6) is 0 Å². The number of aryl methyl sites for hydroxylation is 2. The highest BCUT2D eigenvalue weighted by Crippen LogP contribution is 2.35. The van der Waals surface area contributed by atoms with E-state index >= 15 is 0 Å². The van der Waals surface area contributed by atoms with Crippen molar-refractivity contribution in [2.75, 3.05) is 22.9 Å². The summed E-state index contributed by atoms with van der Waals surface area (Å²) in [5, 5.41) is 7.03. The molecule has 3 heterocycles. The van der Waals surface area contributed by atoms with Crippen LogP contribution in [0, 0.1) is 12.7 Å². The maximum atomic E-state index is 14.9. The minimum absolute atomic E-state index is 0.192. The van der Waals surface area contributed by atoms with Crippen LogP contribution in [0.3, 0.4) is 0 Å². The van der Waals surface area contributed by atoms with Crippen LogP contribution in [0.4, 0.5) is 20.6 Å². The van der Waals surface area contributed by atoms with E-state index in [1.54, 1.807) is 10.7 Å². The Kier molecular flexibility index (Phi) is 4.44. The van der Waals surface area contributed by atoms with Crippen molar-refractivity contribution < 1.29 is 18.7 Å². The number of aromatic nitrogens is 2. The van der Waals surface area contributed by atoms with Gasteiger partial charge in [-0.1, -0.05) is 0 Å². The minimum Gasteiger partial charge on any atom is -0.442 e. The third-order valence-corrected chi connectivity index (χ3v) is 5.04. The van der Waals surface area contributed by atoms with Gasteiger partial charge in [0.15, 0.2) is 0 Å². The average molecular weight is 387 g/mol. The fraction of sp³-hybridized carbons (Fsp3) is 0.421. The van der Waals surface area contributed by atoms with Gasteiger partial charge in [-0.2, -0.15) is 5.10 Å². The molecule has 9 heteroatoms. The lowest BCUT2D eigenvalue weighted by atomic mass is 10.1. The molecule has 1 aromatic heterocycles. The normalized spacial score (nSPS) is 18.4. The Morgan fingerprint density at radius 3 is 2.86 bits per heavy atom. The number of nitrogens with zero attached hydrogens (tertiary/aromatic N) is 4. The highest BCUT2D eigenvalue weighted by molar-refractivity contribution is 5.91. The van der Waals surface area contributed by atoms with E-state index in [9.17, 15) is 14.0 Å². The molecule has 2 aromatic rings. The van der Waals surface area contributed by atoms with Crippen molar-refractivity contribution in [2.45, 2.75) is 33.0 Å². The van der Waals surface area contributed by atoms with Gasteiger partial charge in [0.1, 0.15) is 11.9 Å². The second kappa shape index (κ2) is 6.81. The first-order valence-corrected chi connectivity index (χ1v) is 9.11. The number of amides is 2. The number of benzene rings is 1. The van der Waals surface area contributed by atoms with Gasteiger partial charge in [-0.05, 0) is 18.6 Å². The number of cyclic esters (lactones) is 1. The molecular weight excluding hydrogens is 365 g/mol. The number of carbonyl (C=O) groups excluding carboxylic acids is 2. The van der Waals surface area contributed by atoms with E-state index in [-0.39, 0.29) is 19.0 Å². The van der Waals surface area contributed by atoms with Gasteiger partial charge in [0.05, 0.1) is 36.7 Å².